The minimum Gasteiger partial charge on any atom is -0.306 e. The SMILES string of the molecule is CC.CC.CC(=O)C1CCN(C)CC1. The molecular weight excluding hydrogens is 174 g/mol. The van der Waals surface area contributed by atoms with Crippen molar-refractivity contribution in [1.82, 2.24) is 4.90 Å². The van der Waals surface area contributed by atoms with Crippen molar-refractivity contribution in [3.63, 3.8) is 0 Å². The molecule has 1 aliphatic rings. The Kier molecular flexibility index (Phi) is 12.3. The van der Waals surface area contributed by atoms with Crippen LogP contribution in [-0.2, 0) is 4.79 Å². The Morgan fingerprint density at radius 2 is 1.43 bits per heavy atom. The van der Waals surface area contributed by atoms with E-state index in [1.807, 2.05) is 27.7 Å². The molecule has 0 unspecified atom stereocenters. The van der Waals surface area contributed by atoms with Gasteiger partial charge < -0.3 is 4.90 Å². The molecule has 0 saturated carbocycles. The molecule has 0 aromatic heterocycles. The first kappa shape index (κ1) is 16.1. The van der Waals surface area contributed by atoms with Crippen molar-refractivity contribution in [2.24, 2.45) is 5.92 Å². The first-order valence-electron chi connectivity index (χ1n) is 5.89. The summed E-state index contributed by atoms with van der Waals surface area (Å²) in [7, 11) is 2.11. The van der Waals surface area contributed by atoms with Gasteiger partial charge in [0.05, 0.1) is 0 Å². The summed E-state index contributed by atoms with van der Waals surface area (Å²) in [5.74, 6) is 0.726. The van der Waals surface area contributed by atoms with Crippen LogP contribution >= 0.6 is 0 Å². The molecule has 0 bridgehead atoms. The van der Waals surface area contributed by atoms with Gasteiger partial charge in [-0.2, -0.15) is 0 Å². The number of carbonyl (C=O) groups is 1. The van der Waals surface area contributed by atoms with Crippen molar-refractivity contribution in [3.8, 4) is 0 Å². The Labute approximate surface area is 89.7 Å². The molecule has 0 radical (unpaired) electrons. The van der Waals surface area contributed by atoms with E-state index in [-0.39, 0.29) is 0 Å². The van der Waals surface area contributed by atoms with E-state index >= 15 is 0 Å². The Hall–Kier alpha value is -0.370. The second-order valence-corrected chi connectivity index (χ2v) is 3.19. The molecule has 1 rings (SSSR count). The number of Topliss-reactive ketones (excluding diaryl/α,β-unsaturated/α-hetero) is 1. The van der Waals surface area contributed by atoms with Crippen LogP contribution in [0.5, 0.6) is 0 Å². The average Bonchev–Trinajstić information content (AvgIpc) is 2.24. The maximum absolute atomic E-state index is 10.9. The lowest BCUT2D eigenvalue weighted by Crippen LogP contribution is -2.32. The van der Waals surface area contributed by atoms with Gasteiger partial charge in [0.15, 0.2) is 0 Å². The van der Waals surface area contributed by atoms with Crippen molar-refractivity contribution in [1.29, 1.82) is 0 Å². The number of piperidine rings is 1. The predicted octanol–water partition coefficient (Wildman–Crippen LogP) is 2.97. The number of likely N-dealkylation sites (tertiary alicyclic amines) is 1. The molecule has 0 amide bonds. The number of ketones is 1. The van der Waals surface area contributed by atoms with Crippen LogP contribution in [0.3, 0.4) is 0 Å². The Balaban J connectivity index is 0. The number of rotatable bonds is 1. The second-order valence-electron chi connectivity index (χ2n) is 3.19. The van der Waals surface area contributed by atoms with Gasteiger partial charge in [-0.1, -0.05) is 27.7 Å². The highest BCUT2D eigenvalue weighted by atomic mass is 16.1. The van der Waals surface area contributed by atoms with Crippen LogP contribution in [0.1, 0.15) is 47.5 Å². The number of hydrogen-bond donors (Lipinski definition) is 0. The maximum atomic E-state index is 10.9. The summed E-state index contributed by atoms with van der Waals surface area (Å²) in [6.45, 7) is 11.9. The molecule has 86 valence electrons. The maximum Gasteiger partial charge on any atom is 0.133 e. The van der Waals surface area contributed by atoms with E-state index in [0.717, 1.165) is 25.9 Å². The minimum atomic E-state index is 0.358. The van der Waals surface area contributed by atoms with Crippen LogP contribution in [0.2, 0.25) is 0 Å². The van der Waals surface area contributed by atoms with Crippen LogP contribution in [0, 0.1) is 5.92 Å². The standard InChI is InChI=1S/C8H15NO.2C2H6/c1-7(10)8-3-5-9(2)6-4-8;2*1-2/h8H,3-6H2,1-2H3;2*1-2H3. The van der Waals surface area contributed by atoms with Gasteiger partial charge in [-0.3, -0.25) is 4.79 Å². The third kappa shape index (κ3) is 7.07. The van der Waals surface area contributed by atoms with Crippen molar-refractivity contribution in [3.05, 3.63) is 0 Å². The van der Waals surface area contributed by atoms with E-state index < -0.39 is 0 Å². The summed E-state index contributed by atoms with van der Waals surface area (Å²) in [6, 6.07) is 0. The normalized spacial score (nSPS) is 17.3. The fraction of sp³-hybridized carbons (Fsp3) is 0.917. The van der Waals surface area contributed by atoms with Crippen molar-refractivity contribution in [2.75, 3.05) is 20.1 Å². The van der Waals surface area contributed by atoms with Gasteiger partial charge >= 0.3 is 0 Å². The molecule has 1 fully saturated rings. The lowest BCUT2D eigenvalue weighted by atomic mass is 9.94. The van der Waals surface area contributed by atoms with Gasteiger partial charge in [-0.25, -0.2) is 0 Å². The van der Waals surface area contributed by atoms with E-state index in [9.17, 15) is 4.79 Å². The van der Waals surface area contributed by atoms with Gasteiger partial charge in [-0.05, 0) is 39.9 Å². The molecule has 0 spiro atoms. The van der Waals surface area contributed by atoms with E-state index in [4.69, 9.17) is 0 Å². The Bertz CT molecular complexity index is 126. The third-order valence-electron chi connectivity index (χ3n) is 2.29. The molecule has 0 aromatic rings. The zero-order chi connectivity index (χ0) is 11.6. The van der Waals surface area contributed by atoms with Gasteiger partial charge in [0.25, 0.3) is 0 Å². The van der Waals surface area contributed by atoms with Gasteiger partial charge in [0.1, 0.15) is 5.78 Å². The first-order chi connectivity index (χ1) is 6.70. The lowest BCUT2D eigenvalue weighted by molar-refractivity contribution is -0.121. The summed E-state index contributed by atoms with van der Waals surface area (Å²) in [5, 5.41) is 0. The molecule has 14 heavy (non-hydrogen) atoms. The summed E-state index contributed by atoms with van der Waals surface area (Å²) in [4.78, 5) is 13.2. The largest absolute Gasteiger partial charge is 0.306 e. The van der Waals surface area contributed by atoms with Crippen LogP contribution in [0.15, 0.2) is 0 Å². The Morgan fingerprint density at radius 1 is 1.07 bits per heavy atom. The van der Waals surface area contributed by atoms with Crippen molar-refractivity contribution in [2.45, 2.75) is 47.5 Å². The number of hydrogen-bond acceptors (Lipinski definition) is 2. The zero-order valence-electron chi connectivity index (χ0n) is 10.8. The topological polar surface area (TPSA) is 20.3 Å². The first-order valence-corrected chi connectivity index (χ1v) is 5.89. The molecule has 2 heteroatoms. The van der Waals surface area contributed by atoms with E-state index in [2.05, 4.69) is 11.9 Å². The summed E-state index contributed by atoms with van der Waals surface area (Å²) in [5.41, 5.74) is 0. The van der Waals surface area contributed by atoms with E-state index in [1.54, 1.807) is 6.92 Å². The fourth-order valence-electron chi connectivity index (χ4n) is 1.42. The van der Waals surface area contributed by atoms with Crippen molar-refractivity contribution < 1.29 is 4.79 Å². The quantitative estimate of drug-likeness (QED) is 0.650. The second kappa shape index (κ2) is 10.7. The Morgan fingerprint density at radius 3 is 1.71 bits per heavy atom. The third-order valence-corrected chi connectivity index (χ3v) is 2.29. The fourth-order valence-corrected chi connectivity index (χ4v) is 1.42. The van der Waals surface area contributed by atoms with E-state index in [1.165, 1.54) is 0 Å². The monoisotopic (exact) mass is 201 g/mol. The van der Waals surface area contributed by atoms with E-state index in [0.29, 0.717) is 11.7 Å². The van der Waals surface area contributed by atoms with Crippen LogP contribution in [-0.4, -0.2) is 30.8 Å². The molecular formula is C12H27NO. The summed E-state index contributed by atoms with van der Waals surface area (Å²) < 4.78 is 0. The average molecular weight is 201 g/mol. The highest BCUT2D eigenvalue weighted by Crippen LogP contribution is 2.15. The van der Waals surface area contributed by atoms with Gasteiger partial charge in [-0.15, -0.1) is 0 Å². The molecule has 0 aliphatic carbocycles. The van der Waals surface area contributed by atoms with Crippen molar-refractivity contribution >= 4 is 5.78 Å². The lowest BCUT2D eigenvalue weighted by Gasteiger charge is -2.26. The highest BCUT2D eigenvalue weighted by molar-refractivity contribution is 5.78. The smallest absolute Gasteiger partial charge is 0.133 e. The minimum absolute atomic E-state index is 0.358. The summed E-state index contributed by atoms with van der Waals surface area (Å²) in [6.07, 6.45) is 2.12. The van der Waals surface area contributed by atoms with Crippen LogP contribution in [0.25, 0.3) is 0 Å². The predicted molar refractivity (Wildman–Crippen MR) is 63.6 cm³/mol. The van der Waals surface area contributed by atoms with Gasteiger partial charge in [0.2, 0.25) is 0 Å². The molecule has 0 N–H and O–H groups in total. The molecule has 1 heterocycles. The van der Waals surface area contributed by atoms with Crippen LogP contribution in [0.4, 0.5) is 0 Å². The highest BCUT2D eigenvalue weighted by Gasteiger charge is 2.19. The van der Waals surface area contributed by atoms with Crippen LogP contribution < -0.4 is 0 Å². The molecule has 1 aliphatic heterocycles. The number of carbonyl (C=O) groups excluding carboxylic acids is 1. The molecule has 0 atom stereocenters. The zero-order valence-corrected chi connectivity index (χ0v) is 10.8. The molecule has 0 aromatic carbocycles. The molecule has 1 saturated heterocycles. The number of nitrogens with zero attached hydrogens (tertiary/aromatic N) is 1. The molecule has 2 nitrogen and oxygen atoms in total. The summed E-state index contributed by atoms with van der Waals surface area (Å²) >= 11 is 0. The van der Waals surface area contributed by atoms with Gasteiger partial charge in [0, 0.05) is 5.92 Å².